The third-order valence-electron chi connectivity index (χ3n) is 5.36. The fourth-order valence-electron chi connectivity index (χ4n) is 3.77. The van der Waals surface area contributed by atoms with Crippen LogP contribution in [0, 0.1) is 0 Å². The number of aromatic amines is 1. The van der Waals surface area contributed by atoms with Crippen LogP contribution >= 0.6 is 0 Å². The highest BCUT2D eigenvalue weighted by Crippen LogP contribution is 2.38. The summed E-state index contributed by atoms with van der Waals surface area (Å²) in [6.07, 6.45) is -4.91. The Hall–Kier alpha value is -5.00. The van der Waals surface area contributed by atoms with E-state index in [0.717, 1.165) is 17.0 Å². The van der Waals surface area contributed by atoms with Gasteiger partial charge in [-0.2, -0.15) is 0 Å². The number of hydrogen-bond acceptors (Lipinski definition) is 6. The van der Waals surface area contributed by atoms with E-state index in [1.807, 2.05) is 0 Å². The molecule has 0 atom stereocenters. The van der Waals surface area contributed by atoms with Gasteiger partial charge in [-0.3, -0.25) is 14.4 Å². The van der Waals surface area contributed by atoms with Crippen molar-refractivity contribution in [2.75, 3.05) is 4.90 Å². The van der Waals surface area contributed by atoms with Crippen LogP contribution in [-0.2, 0) is 0 Å². The minimum absolute atomic E-state index is 0.0479. The van der Waals surface area contributed by atoms with Crippen molar-refractivity contribution in [1.82, 2.24) is 4.98 Å². The van der Waals surface area contributed by atoms with Crippen LogP contribution in [0.1, 0.15) is 31.1 Å². The van der Waals surface area contributed by atoms with Crippen molar-refractivity contribution >= 4 is 40.0 Å². The molecule has 180 valence electrons. The van der Waals surface area contributed by atoms with E-state index in [1.165, 1.54) is 30.3 Å². The van der Waals surface area contributed by atoms with E-state index in [-0.39, 0.29) is 39.0 Å². The average Bonchev–Trinajstić information content (AvgIpc) is 3.29. The maximum absolute atomic E-state index is 12.6. The quantitative estimate of drug-likeness (QED) is 0.287. The zero-order chi connectivity index (χ0) is 25.6. The number of fused-ring (bicyclic) bond motifs is 2. The molecule has 1 aliphatic rings. The molecule has 2 heterocycles. The predicted molar refractivity (Wildman–Crippen MR) is 120 cm³/mol. The van der Waals surface area contributed by atoms with Crippen molar-refractivity contribution in [1.29, 1.82) is 0 Å². The van der Waals surface area contributed by atoms with Gasteiger partial charge in [-0.25, -0.2) is 4.90 Å². The van der Waals surface area contributed by atoms with Crippen molar-refractivity contribution in [3.8, 4) is 11.6 Å². The summed E-state index contributed by atoms with van der Waals surface area (Å²) in [6, 6.07) is 15.2. The van der Waals surface area contributed by atoms with Crippen molar-refractivity contribution in [2.45, 2.75) is 6.36 Å². The van der Waals surface area contributed by atoms with Crippen LogP contribution in [0.2, 0.25) is 0 Å². The number of nitrogens with one attached hydrogen (secondary N) is 1. The molecule has 36 heavy (non-hydrogen) atoms. The molecule has 5 rings (SSSR count). The van der Waals surface area contributed by atoms with Gasteiger partial charge in [0, 0.05) is 10.9 Å². The predicted octanol–water partition coefficient (Wildman–Crippen LogP) is 5.50. The van der Waals surface area contributed by atoms with Crippen LogP contribution in [0.15, 0.2) is 77.0 Å². The number of ether oxygens (including phenoxy) is 1. The van der Waals surface area contributed by atoms with Crippen LogP contribution in [0.25, 0.3) is 10.9 Å². The number of hydrogen-bond donors (Lipinski definition) is 2. The number of carbonyl (C=O) groups is 3. The SMILES string of the molecule is O=C(N=Nc1c(O)[nH]c2ccc(OC(F)(F)F)cc12)c1ccc(N2C(=O)c3ccccc3C2=O)cc1. The molecule has 0 saturated heterocycles. The number of H-pyrrole nitrogens is 1. The number of rotatable bonds is 4. The van der Waals surface area contributed by atoms with Gasteiger partial charge in [0.05, 0.1) is 22.3 Å². The van der Waals surface area contributed by atoms with E-state index in [4.69, 9.17) is 0 Å². The second-order valence-corrected chi connectivity index (χ2v) is 7.62. The molecule has 4 aromatic rings. The van der Waals surface area contributed by atoms with Gasteiger partial charge in [-0.1, -0.05) is 12.1 Å². The zero-order valence-electron chi connectivity index (χ0n) is 17.9. The second-order valence-electron chi connectivity index (χ2n) is 7.62. The van der Waals surface area contributed by atoms with E-state index < -0.39 is 35.7 Å². The molecule has 9 nitrogen and oxygen atoms in total. The Balaban J connectivity index is 1.37. The van der Waals surface area contributed by atoms with E-state index in [1.54, 1.807) is 24.3 Å². The molecule has 12 heteroatoms. The molecule has 1 aromatic heterocycles. The molecule has 3 amide bonds. The van der Waals surface area contributed by atoms with Gasteiger partial charge in [0.2, 0.25) is 5.88 Å². The van der Waals surface area contributed by atoms with Crippen LogP contribution in [-0.4, -0.2) is 34.2 Å². The minimum atomic E-state index is -4.91. The first-order chi connectivity index (χ1) is 17.1. The van der Waals surface area contributed by atoms with Crippen molar-refractivity contribution in [2.24, 2.45) is 10.2 Å². The lowest BCUT2D eigenvalue weighted by Crippen LogP contribution is -2.29. The number of aromatic nitrogens is 1. The summed E-state index contributed by atoms with van der Waals surface area (Å²) in [7, 11) is 0. The zero-order valence-corrected chi connectivity index (χ0v) is 17.9. The maximum atomic E-state index is 12.6. The molecule has 0 unspecified atom stereocenters. The van der Waals surface area contributed by atoms with E-state index in [2.05, 4.69) is 19.9 Å². The fourth-order valence-corrected chi connectivity index (χ4v) is 3.77. The number of aromatic hydroxyl groups is 1. The lowest BCUT2D eigenvalue weighted by molar-refractivity contribution is -0.274. The third-order valence-corrected chi connectivity index (χ3v) is 5.36. The van der Waals surface area contributed by atoms with Gasteiger partial charge in [-0.15, -0.1) is 23.4 Å². The molecule has 0 bridgehead atoms. The van der Waals surface area contributed by atoms with Gasteiger partial charge in [0.25, 0.3) is 17.7 Å². The first-order valence-electron chi connectivity index (χ1n) is 10.3. The van der Waals surface area contributed by atoms with Crippen LogP contribution in [0.3, 0.4) is 0 Å². The second kappa shape index (κ2) is 8.34. The summed E-state index contributed by atoms with van der Waals surface area (Å²) in [6.45, 7) is 0. The summed E-state index contributed by atoms with van der Waals surface area (Å²) < 4.78 is 41.4. The molecular weight excluding hydrogens is 481 g/mol. The highest BCUT2D eigenvalue weighted by atomic mass is 19.4. The highest BCUT2D eigenvalue weighted by molar-refractivity contribution is 6.34. The van der Waals surface area contributed by atoms with Crippen molar-refractivity contribution in [3.05, 3.63) is 83.4 Å². The lowest BCUT2D eigenvalue weighted by atomic mass is 10.1. The standard InChI is InChI=1S/C24H13F3N4O5/c25-24(26,27)36-14-9-10-18-17(11-14)19(21(33)28-18)29-30-20(32)12-5-7-13(8-6-12)31-22(34)15-3-1-2-4-16(15)23(31)35/h1-11,28,33H. The molecule has 1 aliphatic heterocycles. The Bertz CT molecular complexity index is 1540. The van der Waals surface area contributed by atoms with E-state index in [9.17, 15) is 32.7 Å². The third kappa shape index (κ3) is 4.04. The molecule has 0 saturated carbocycles. The summed E-state index contributed by atoms with van der Waals surface area (Å²) in [5.74, 6) is -2.86. The Labute approximate surface area is 199 Å². The topological polar surface area (TPSA) is 124 Å². The Morgan fingerprint density at radius 1 is 0.944 bits per heavy atom. The van der Waals surface area contributed by atoms with Crippen molar-refractivity contribution in [3.63, 3.8) is 0 Å². The molecule has 2 N–H and O–H groups in total. The molecule has 0 aliphatic carbocycles. The van der Waals surface area contributed by atoms with Crippen LogP contribution in [0.5, 0.6) is 11.6 Å². The van der Waals surface area contributed by atoms with Gasteiger partial charge >= 0.3 is 6.36 Å². The summed E-state index contributed by atoms with van der Waals surface area (Å²) in [5, 5.41) is 17.4. The average molecular weight is 494 g/mol. The highest BCUT2D eigenvalue weighted by Gasteiger charge is 2.36. The first-order valence-corrected chi connectivity index (χ1v) is 10.3. The Morgan fingerprint density at radius 3 is 2.19 bits per heavy atom. The minimum Gasteiger partial charge on any atom is -0.493 e. The van der Waals surface area contributed by atoms with Gasteiger partial charge in [-0.05, 0) is 54.6 Å². The molecule has 0 spiro atoms. The lowest BCUT2D eigenvalue weighted by Gasteiger charge is -2.13. The van der Waals surface area contributed by atoms with Gasteiger partial charge in [0.15, 0.2) is 5.69 Å². The number of amides is 3. The summed E-state index contributed by atoms with van der Waals surface area (Å²) in [5.41, 5.74) is 0.848. The van der Waals surface area contributed by atoms with E-state index >= 15 is 0 Å². The van der Waals surface area contributed by atoms with Crippen LogP contribution < -0.4 is 9.64 Å². The fraction of sp³-hybridized carbons (Fsp3) is 0.0417. The number of nitrogens with zero attached hydrogens (tertiary/aromatic N) is 3. The smallest absolute Gasteiger partial charge is 0.493 e. The summed E-state index contributed by atoms with van der Waals surface area (Å²) in [4.78, 5) is 41.2. The van der Waals surface area contributed by atoms with Gasteiger partial charge < -0.3 is 14.8 Å². The number of halogens is 3. The number of azo groups is 1. The van der Waals surface area contributed by atoms with Crippen molar-refractivity contribution < 1.29 is 37.4 Å². The summed E-state index contributed by atoms with van der Waals surface area (Å²) >= 11 is 0. The Kier molecular flexibility index (Phi) is 5.28. The molecule has 0 fully saturated rings. The maximum Gasteiger partial charge on any atom is 0.573 e. The molecular formula is C24H13F3N4O5. The molecule has 0 radical (unpaired) electrons. The number of imide groups is 1. The first kappa shape index (κ1) is 22.8. The molecule has 3 aromatic carbocycles. The monoisotopic (exact) mass is 494 g/mol. The number of benzene rings is 3. The number of alkyl halides is 3. The normalized spacial score (nSPS) is 13.6. The van der Waals surface area contributed by atoms with Gasteiger partial charge in [0.1, 0.15) is 5.75 Å². The Morgan fingerprint density at radius 2 is 1.58 bits per heavy atom. The number of anilines is 1. The number of carbonyl (C=O) groups excluding carboxylic acids is 3. The van der Waals surface area contributed by atoms with E-state index in [0.29, 0.717) is 0 Å². The van der Waals surface area contributed by atoms with Crippen LogP contribution in [0.4, 0.5) is 24.5 Å². The largest absolute Gasteiger partial charge is 0.573 e.